The van der Waals surface area contributed by atoms with Crippen molar-refractivity contribution in [3.8, 4) is 22.3 Å². The topological polar surface area (TPSA) is 16.4 Å². The van der Waals surface area contributed by atoms with Crippen molar-refractivity contribution >= 4 is 39.0 Å². The standard InChI is InChI=1S/C54H49NO/c1-51(2)24-25-52(3,4)50-44(51)13-9-14-45(50)55(37-21-22-40-39-11-6-8-15-46(39)56-47(40)30-37)36-19-16-33(17-20-36)34-18-23-43-41(28-34)38-10-5-7-12-42(38)54(43)48-27-32-26-35-29-49(54)53(35,48)31-32/h5-23,28,30,32,35,48-49H,24-27,29,31H2,1-4H3. The highest BCUT2D eigenvalue weighted by atomic mass is 16.3. The van der Waals surface area contributed by atoms with E-state index in [9.17, 15) is 0 Å². The lowest BCUT2D eigenvalue weighted by Gasteiger charge is -2.76. The van der Waals surface area contributed by atoms with Gasteiger partial charge in [-0.15, -0.1) is 0 Å². The van der Waals surface area contributed by atoms with Crippen LogP contribution in [0.5, 0.6) is 0 Å². The van der Waals surface area contributed by atoms with Crippen molar-refractivity contribution in [1.82, 2.24) is 0 Å². The molecule has 1 aromatic heterocycles. The largest absolute Gasteiger partial charge is 0.456 e. The maximum atomic E-state index is 6.49. The molecule has 1 heterocycles. The maximum absolute atomic E-state index is 6.49. The van der Waals surface area contributed by atoms with Gasteiger partial charge in [-0.1, -0.05) is 107 Å². The molecule has 0 N–H and O–H groups in total. The number of rotatable bonds is 4. The van der Waals surface area contributed by atoms with Crippen LogP contribution in [-0.2, 0) is 16.2 Å². The molecular formula is C54H49NO. The van der Waals surface area contributed by atoms with Gasteiger partial charge in [0.1, 0.15) is 11.2 Å². The molecule has 6 aliphatic carbocycles. The number of nitrogens with zero attached hydrogens (tertiary/aromatic N) is 1. The van der Waals surface area contributed by atoms with Gasteiger partial charge in [-0.25, -0.2) is 0 Å². The fourth-order valence-electron chi connectivity index (χ4n) is 14.5. The molecule has 4 fully saturated rings. The average Bonchev–Trinajstić information content (AvgIpc) is 3.94. The number of benzene rings is 6. The van der Waals surface area contributed by atoms with Crippen molar-refractivity contribution < 1.29 is 4.42 Å². The lowest BCUT2D eigenvalue weighted by molar-refractivity contribution is -0.231. The number of anilines is 3. The van der Waals surface area contributed by atoms with Crippen LogP contribution < -0.4 is 4.90 Å². The quantitative estimate of drug-likeness (QED) is 0.179. The van der Waals surface area contributed by atoms with Gasteiger partial charge in [0.2, 0.25) is 0 Å². The third-order valence-corrected chi connectivity index (χ3v) is 16.8. The number of hydrogen-bond donors (Lipinski definition) is 0. The second-order valence-electron chi connectivity index (χ2n) is 20.0. The summed E-state index contributed by atoms with van der Waals surface area (Å²) in [5, 5.41) is 2.32. The third-order valence-electron chi connectivity index (χ3n) is 16.8. The normalized spacial score (nSPS) is 29.1. The molecule has 4 saturated carbocycles. The van der Waals surface area contributed by atoms with Gasteiger partial charge in [-0.3, -0.25) is 0 Å². The molecule has 0 aliphatic heterocycles. The Morgan fingerprint density at radius 2 is 1.27 bits per heavy atom. The number of furan rings is 1. The zero-order valence-corrected chi connectivity index (χ0v) is 33.0. The van der Waals surface area contributed by atoms with Gasteiger partial charge in [-0.2, -0.15) is 0 Å². The Morgan fingerprint density at radius 1 is 0.554 bits per heavy atom. The van der Waals surface area contributed by atoms with Crippen molar-refractivity contribution in [3.05, 3.63) is 150 Å². The van der Waals surface area contributed by atoms with Crippen molar-refractivity contribution in [2.24, 2.45) is 29.1 Å². The predicted octanol–water partition coefficient (Wildman–Crippen LogP) is 14.4. The molecule has 13 rings (SSSR count). The molecule has 56 heavy (non-hydrogen) atoms. The second-order valence-corrected chi connectivity index (χ2v) is 20.0. The maximum Gasteiger partial charge on any atom is 0.137 e. The van der Waals surface area contributed by atoms with E-state index in [-0.39, 0.29) is 16.2 Å². The van der Waals surface area contributed by atoms with Crippen molar-refractivity contribution in [3.63, 3.8) is 0 Å². The number of hydrogen-bond acceptors (Lipinski definition) is 2. The lowest BCUT2D eigenvalue weighted by Crippen LogP contribution is -2.73. The zero-order chi connectivity index (χ0) is 37.3. The minimum absolute atomic E-state index is 0.0414. The van der Waals surface area contributed by atoms with Crippen molar-refractivity contribution in [2.75, 3.05) is 4.90 Å². The van der Waals surface area contributed by atoms with Gasteiger partial charge in [0, 0.05) is 33.6 Å². The fraction of sp³-hybridized carbons (Fsp3) is 0.333. The van der Waals surface area contributed by atoms with E-state index in [1.165, 1.54) is 71.2 Å². The molecule has 6 aromatic carbocycles. The molecule has 0 radical (unpaired) electrons. The van der Waals surface area contributed by atoms with Gasteiger partial charge < -0.3 is 9.32 Å². The molecule has 0 saturated heterocycles. The highest BCUT2D eigenvalue weighted by Crippen LogP contribution is 2.89. The Bertz CT molecular complexity index is 2820. The van der Waals surface area contributed by atoms with Crippen LogP contribution in [0.4, 0.5) is 17.1 Å². The first kappa shape index (κ1) is 32.1. The van der Waals surface area contributed by atoms with E-state index in [0.717, 1.165) is 63.4 Å². The molecule has 6 unspecified atom stereocenters. The van der Waals surface area contributed by atoms with Crippen LogP contribution >= 0.6 is 0 Å². The predicted molar refractivity (Wildman–Crippen MR) is 230 cm³/mol. The van der Waals surface area contributed by atoms with Crippen LogP contribution in [0.1, 0.15) is 88.5 Å². The summed E-state index contributed by atoms with van der Waals surface area (Å²) in [6.07, 6.45) is 8.27. The fourth-order valence-corrected chi connectivity index (χ4v) is 14.5. The van der Waals surface area contributed by atoms with Crippen LogP contribution in [0.25, 0.3) is 44.2 Å². The summed E-state index contributed by atoms with van der Waals surface area (Å²) in [5.74, 6) is 3.67. The zero-order valence-electron chi connectivity index (χ0n) is 33.0. The Labute approximate surface area is 330 Å². The first-order valence-electron chi connectivity index (χ1n) is 21.4. The van der Waals surface area contributed by atoms with E-state index in [1.807, 2.05) is 0 Å². The highest BCUT2D eigenvalue weighted by Gasteiger charge is 2.84. The molecular weight excluding hydrogens is 679 g/mol. The summed E-state index contributed by atoms with van der Waals surface area (Å²) >= 11 is 0. The van der Waals surface area contributed by atoms with Gasteiger partial charge >= 0.3 is 0 Å². The average molecular weight is 728 g/mol. The Kier molecular flexibility index (Phi) is 5.98. The van der Waals surface area contributed by atoms with Gasteiger partial charge in [0.15, 0.2) is 0 Å². The van der Waals surface area contributed by atoms with Crippen molar-refractivity contribution in [1.29, 1.82) is 0 Å². The van der Waals surface area contributed by atoms with Crippen molar-refractivity contribution in [2.45, 2.75) is 82.5 Å². The Morgan fingerprint density at radius 3 is 2.14 bits per heavy atom. The summed E-state index contributed by atoms with van der Waals surface area (Å²) in [5.41, 5.74) is 18.2. The minimum atomic E-state index is 0.0414. The van der Waals surface area contributed by atoms with Crippen LogP contribution in [0.2, 0.25) is 0 Å². The monoisotopic (exact) mass is 727 g/mol. The van der Waals surface area contributed by atoms with E-state index < -0.39 is 0 Å². The second kappa shape index (κ2) is 10.5. The summed E-state index contributed by atoms with van der Waals surface area (Å²) in [6, 6.07) is 48.6. The van der Waals surface area contributed by atoms with E-state index in [4.69, 9.17) is 4.42 Å². The van der Waals surface area contributed by atoms with Gasteiger partial charge in [0.05, 0.1) is 5.69 Å². The summed E-state index contributed by atoms with van der Waals surface area (Å²) in [4.78, 5) is 2.49. The first-order chi connectivity index (χ1) is 27.2. The van der Waals surface area contributed by atoms with Crippen LogP contribution in [0.15, 0.2) is 132 Å². The first-order valence-corrected chi connectivity index (χ1v) is 21.4. The molecule has 2 spiro atoms. The van der Waals surface area contributed by atoms with E-state index in [0.29, 0.717) is 5.41 Å². The molecule has 2 nitrogen and oxygen atoms in total. The number of para-hydroxylation sites is 1. The Hall–Kier alpha value is -5.08. The summed E-state index contributed by atoms with van der Waals surface area (Å²) in [6.45, 7) is 9.72. The molecule has 6 atom stereocenters. The van der Waals surface area contributed by atoms with Crippen LogP contribution in [0.3, 0.4) is 0 Å². The van der Waals surface area contributed by atoms with Gasteiger partial charge in [-0.05, 0) is 165 Å². The molecule has 276 valence electrons. The Balaban J connectivity index is 0.938. The van der Waals surface area contributed by atoms with E-state index in [1.54, 1.807) is 11.1 Å². The molecule has 2 heteroatoms. The molecule has 7 aromatic rings. The van der Waals surface area contributed by atoms with Crippen LogP contribution in [0, 0.1) is 29.1 Å². The molecule has 0 amide bonds. The highest BCUT2D eigenvalue weighted by molar-refractivity contribution is 6.06. The minimum Gasteiger partial charge on any atom is -0.456 e. The van der Waals surface area contributed by atoms with E-state index in [2.05, 4.69) is 160 Å². The summed E-state index contributed by atoms with van der Waals surface area (Å²) in [7, 11) is 0. The van der Waals surface area contributed by atoms with E-state index >= 15 is 0 Å². The molecule has 6 aliphatic rings. The van der Waals surface area contributed by atoms with Crippen LogP contribution in [-0.4, -0.2) is 0 Å². The third kappa shape index (κ3) is 3.76. The molecule has 2 bridgehead atoms. The SMILES string of the molecule is CC1(C)CCC(C)(C)c2c(N(c3ccc(-c4ccc5c(c4)-c4ccccc4C54C5CC6CC7CC4C75C6)cc3)c3ccc4c(c3)oc3ccccc34)cccc21. The van der Waals surface area contributed by atoms with Gasteiger partial charge in [0.25, 0.3) is 0 Å². The number of fused-ring (bicyclic) bond motifs is 12. The lowest BCUT2D eigenvalue weighted by atomic mass is 9.27. The summed E-state index contributed by atoms with van der Waals surface area (Å²) < 4.78 is 6.49. The smallest absolute Gasteiger partial charge is 0.137 e.